The number of thioether (sulfide) groups is 1. The summed E-state index contributed by atoms with van der Waals surface area (Å²) in [5.41, 5.74) is 1.19. The first-order chi connectivity index (χ1) is 14.1. The molecule has 7 heteroatoms. The van der Waals surface area contributed by atoms with Crippen LogP contribution in [0.5, 0.6) is 5.75 Å². The van der Waals surface area contributed by atoms with E-state index < -0.39 is 0 Å². The monoisotopic (exact) mass is 425 g/mol. The van der Waals surface area contributed by atoms with Crippen LogP contribution in [0.3, 0.4) is 0 Å². The molecule has 1 aliphatic heterocycles. The molecule has 1 aliphatic rings. The molecule has 1 saturated heterocycles. The van der Waals surface area contributed by atoms with Gasteiger partial charge in [0.05, 0.1) is 17.7 Å². The number of para-hydroxylation sites is 1. The van der Waals surface area contributed by atoms with Crippen LogP contribution in [0.25, 0.3) is 6.08 Å². The Balaban J connectivity index is 1.53. The standard InChI is InChI=1S/C22H16FNO3S2/c23-18-9-3-1-7-16(18)14-27-19-10-4-2-6-15(19)12-20-21(25)24(22(28)29-20)13-17-8-5-11-26-17/h1-12H,13-14H2/b20-12-. The van der Waals surface area contributed by atoms with E-state index in [4.69, 9.17) is 21.4 Å². The quantitative estimate of drug-likeness (QED) is 0.391. The van der Waals surface area contributed by atoms with E-state index in [9.17, 15) is 9.18 Å². The highest BCUT2D eigenvalue weighted by atomic mass is 32.2. The van der Waals surface area contributed by atoms with Crippen LogP contribution in [0.15, 0.2) is 76.2 Å². The molecule has 0 saturated carbocycles. The molecule has 2 aromatic carbocycles. The molecule has 29 heavy (non-hydrogen) atoms. The highest BCUT2D eigenvalue weighted by Crippen LogP contribution is 2.35. The van der Waals surface area contributed by atoms with Gasteiger partial charge >= 0.3 is 0 Å². The first-order valence-corrected chi connectivity index (χ1v) is 10.1. The Morgan fingerprint density at radius 2 is 1.90 bits per heavy atom. The molecular weight excluding hydrogens is 409 g/mol. The summed E-state index contributed by atoms with van der Waals surface area (Å²) in [7, 11) is 0. The second-order valence-corrected chi connectivity index (χ2v) is 7.94. The van der Waals surface area contributed by atoms with Gasteiger partial charge in [-0.3, -0.25) is 9.69 Å². The number of thiocarbonyl (C=S) groups is 1. The molecule has 2 heterocycles. The summed E-state index contributed by atoms with van der Waals surface area (Å²) in [5, 5.41) is 0. The van der Waals surface area contributed by atoms with Crippen molar-refractivity contribution in [2.45, 2.75) is 13.2 Å². The molecule has 4 rings (SSSR count). The third-order valence-electron chi connectivity index (χ3n) is 4.31. The van der Waals surface area contributed by atoms with Crippen molar-refractivity contribution in [1.29, 1.82) is 0 Å². The minimum absolute atomic E-state index is 0.0942. The summed E-state index contributed by atoms with van der Waals surface area (Å²) in [6.07, 6.45) is 3.31. The van der Waals surface area contributed by atoms with Crippen LogP contribution in [0.4, 0.5) is 4.39 Å². The average molecular weight is 426 g/mol. The van der Waals surface area contributed by atoms with Crippen molar-refractivity contribution in [3.05, 3.63) is 94.5 Å². The van der Waals surface area contributed by atoms with Gasteiger partial charge in [-0.25, -0.2) is 4.39 Å². The normalized spacial score (nSPS) is 15.3. The summed E-state index contributed by atoms with van der Waals surface area (Å²) < 4.78 is 25.5. The van der Waals surface area contributed by atoms with Gasteiger partial charge in [-0.2, -0.15) is 0 Å². The lowest BCUT2D eigenvalue weighted by Crippen LogP contribution is -2.27. The maximum atomic E-state index is 13.8. The highest BCUT2D eigenvalue weighted by Gasteiger charge is 2.32. The summed E-state index contributed by atoms with van der Waals surface area (Å²) in [6.45, 7) is 0.386. The molecule has 4 nitrogen and oxygen atoms in total. The summed E-state index contributed by atoms with van der Waals surface area (Å²) in [5.74, 6) is 0.729. The number of furan rings is 1. The van der Waals surface area contributed by atoms with Gasteiger partial charge in [0.15, 0.2) is 0 Å². The lowest BCUT2D eigenvalue weighted by Gasteiger charge is -2.12. The molecular formula is C22H16FNO3S2. The van der Waals surface area contributed by atoms with E-state index in [1.807, 2.05) is 18.2 Å². The summed E-state index contributed by atoms with van der Waals surface area (Å²) in [4.78, 5) is 14.8. The van der Waals surface area contributed by atoms with Crippen LogP contribution >= 0.6 is 24.0 Å². The van der Waals surface area contributed by atoms with Crippen molar-refractivity contribution < 1.29 is 18.3 Å². The van der Waals surface area contributed by atoms with Crippen LogP contribution < -0.4 is 4.74 Å². The zero-order valence-corrected chi connectivity index (χ0v) is 16.8. The maximum absolute atomic E-state index is 13.8. The molecule has 0 atom stereocenters. The molecule has 1 aromatic heterocycles. The smallest absolute Gasteiger partial charge is 0.266 e. The van der Waals surface area contributed by atoms with Crippen LogP contribution in [0.2, 0.25) is 0 Å². The number of amides is 1. The zero-order valence-electron chi connectivity index (χ0n) is 15.2. The predicted octanol–water partition coefficient (Wildman–Crippen LogP) is 5.40. The second-order valence-electron chi connectivity index (χ2n) is 6.27. The number of hydrogen-bond acceptors (Lipinski definition) is 5. The number of benzene rings is 2. The summed E-state index contributed by atoms with van der Waals surface area (Å²) in [6, 6.07) is 17.4. The predicted molar refractivity (Wildman–Crippen MR) is 115 cm³/mol. The third-order valence-corrected chi connectivity index (χ3v) is 5.69. The topological polar surface area (TPSA) is 42.7 Å². The van der Waals surface area contributed by atoms with Gasteiger partial charge in [-0.05, 0) is 30.3 Å². The number of nitrogens with zero attached hydrogens (tertiary/aromatic N) is 1. The molecule has 146 valence electrons. The molecule has 1 fully saturated rings. The Morgan fingerprint density at radius 3 is 2.69 bits per heavy atom. The SMILES string of the molecule is O=C1/C(=C/c2ccccc2OCc2ccccc2F)SC(=S)N1Cc1ccco1. The van der Waals surface area contributed by atoms with Gasteiger partial charge in [-0.15, -0.1) is 0 Å². The van der Waals surface area contributed by atoms with Crippen LogP contribution in [-0.2, 0) is 17.9 Å². The molecule has 1 amide bonds. The fourth-order valence-electron chi connectivity index (χ4n) is 2.84. The van der Waals surface area contributed by atoms with Gasteiger partial charge in [-0.1, -0.05) is 60.4 Å². The minimum atomic E-state index is -0.316. The molecule has 0 unspecified atom stereocenters. The summed E-state index contributed by atoms with van der Waals surface area (Å²) >= 11 is 6.59. The lowest BCUT2D eigenvalue weighted by atomic mass is 10.1. The fourth-order valence-corrected chi connectivity index (χ4v) is 4.08. The van der Waals surface area contributed by atoms with Crippen molar-refractivity contribution >= 4 is 40.3 Å². The van der Waals surface area contributed by atoms with E-state index in [2.05, 4.69) is 0 Å². The van der Waals surface area contributed by atoms with Gasteiger partial charge in [0.2, 0.25) is 0 Å². The van der Waals surface area contributed by atoms with E-state index in [0.717, 1.165) is 5.56 Å². The van der Waals surface area contributed by atoms with E-state index in [1.165, 1.54) is 22.7 Å². The molecule has 0 bridgehead atoms. The van der Waals surface area contributed by atoms with Gasteiger partial charge < -0.3 is 9.15 Å². The maximum Gasteiger partial charge on any atom is 0.266 e. The number of carbonyl (C=O) groups excluding carboxylic acids is 1. The fraction of sp³-hybridized carbons (Fsp3) is 0.0909. The number of carbonyl (C=O) groups is 1. The van der Waals surface area contributed by atoms with Crippen molar-refractivity contribution in [3.63, 3.8) is 0 Å². The third kappa shape index (κ3) is 4.41. The van der Waals surface area contributed by atoms with E-state index in [-0.39, 0.29) is 18.3 Å². The van der Waals surface area contributed by atoms with Crippen molar-refractivity contribution in [2.24, 2.45) is 0 Å². The Hall–Kier alpha value is -2.90. The number of rotatable bonds is 6. The van der Waals surface area contributed by atoms with Crippen molar-refractivity contribution in [2.75, 3.05) is 0 Å². The van der Waals surface area contributed by atoms with Gasteiger partial charge in [0.25, 0.3) is 5.91 Å². The Kier molecular flexibility index (Phi) is 5.78. The number of halogens is 1. The number of ether oxygens (including phenoxy) is 1. The Labute approximate surface area is 177 Å². The van der Waals surface area contributed by atoms with Gasteiger partial charge in [0, 0.05) is 11.1 Å². The zero-order chi connectivity index (χ0) is 20.2. The molecule has 0 N–H and O–H groups in total. The molecule has 0 radical (unpaired) electrons. The van der Waals surface area contributed by atoms with E-state index in [1.54, 1.807) is 48.7 Å². The van der Waals surface area contributed by atoms with E-state index >= 15 is 0 Å². The van der Waals surface area contributed by atoms with Crippen LogP contribution in [0.1, 0.15) is 16.9 Å². The van der Waals surface area contributed by atoms with Crippen LogP contribution in [0, 0.1) is 5.82 Å². The van der Waals surface area contributed by atoms with Crippen LogP contribution in [-0.4, -0.2) is 15.1 Å². The van der Waals surface area contributed by atoms with Crippen molar-refractivity contribution in [3.8, 4) is 5.75 Å². The van der Waals surface area contributed by atoms with E-state index in [0.29, 0.717) is 32.8 Å². The molecule has 3 aromatic rings. The Bertz CT molecular complexity index is 1080. The lowest BCUT2D eigenvalue weighted by molar-refractivity contribution is -0.122. The second kappa shape index (κ2) is 8.63. The van der Waals surface area contributed by atoms with Gasteiger partial charge in [0.1, 0.15) is 28.3 Å². The largest absolute Gasteiger partial charge is 0.488 e. The number of hydrogen-bond donors (Lipinski definition) is 0. The highest BCUT2D eigenvalue weighted by molar-refractivity contribution is 8.26. The van der Waals surface area contributed by atoms with Crippen molar-refractivity contribution in [1.82, 2.24) is 4.90 Å². The average Bonchev–Trinajstić information content (AvgIpc) is 3.33. The Morgan fingerprint density at radius 1 is 1.10 bits per heavy atom. The molecule has 0 spiro atoms. The first kappa shape index (κ1) is 19.4. The minimum Gasteiger partial charge on any atom is -0.488 e. The first-order valence-electron chi connectivity index (χ1n) is 8.85. The molecule has 0 aliphatic carbocycles.